The molecule has 0 saturated carbocycles. The fraction of sp³-hybridized carbons (Fsp3) is 0.600. The summed E-state index contributed by atoms with van der Waals surface area (Å²) in [4.78, 5) is 24.8. The van der Waals surface area contributed by atoms with E-state index in [1.165, 1.54) is 22.9 Å². The van der Waals surface area contributed by atoms with Crippen LogP contribution in [0.3, 0.4) is 0 Å². The molecule has 2 atom stereocenters. The van der Waals surface area contributed by atoms with Gasteiger partial charge in [-0.3, -0.25) is 4.79 Å². The van der Waals surface area contributed by atoms with Crippen LogP contribution in [0, 0.1) is 0 Å². The minimum Gasteiger partial charge on any atom is -0.467 e. The number of carbonyl (C=O) groups excluding carboxylic acids is 2. The summed E-state index contributed by atoms with van der Waals surface area (Å²) in [5.41, 5.74) is 0. The Morgan fingerprint density at radius 1 is 1.56 bits per heavy atom. The number of aliphatic hydroxyl groups excluding tert-OH is 1. The molecule has 0 aromatic carbocycles. The van der Waals surface area contributed by atoms with Crippen molar-refractivity contribution in [3.05, 3.63) is 12.4 Å². The average Bonchev–Trinajstić information content (AvgIpc) is 2.97. The number of ether oxygens (including phenoxy) is 1. The lowest BCUT2D eigenvalue weighted by Crippen LogP contribution is -2.42. The third kappa shape index (κ3) is 2.48. The Labute approximate surface area is 103 Å². The van der Waals surface area contributed by atoms with Crippen LogP contribution < -0.4 is 0 Å². The molecule has 8 heteroatoms. The molecule has 1 amide bonds. The molecule has 2 rings (SSSR count). The second-order valence-electron chi connectivity index (χ2n) is 4.08. The maximum absolute atomic E-state index is 12.0. The maximum atomic E-state index is 12.0. The zero-order valence-corrected chi connectivity index (χ0v) is 9.89. The van der Waals surface area contributed by atoms with E-state index >= 15 is 0 Å². The summed E-state index contributed by atoms with van der Waals surface area (Å²) in [5.74, 6) is -0.814. The lowest BCUT2D eigenvalue weighted by atomic mass is 10.2. The maximum Gasteiger partial charge on any atom is 0.328 e. The largest absolute Gasteiger partial charge is 0.467 e. The van der Waals surface area contributed by atoms with Crippen molar-refractivity contribution in [2.75, 3.05) is 13.7 Å². The molecule has 0 aliphatic carbocycles. The molecule has 1 aliphatic heterocycles. The van der Waals surface area contributed by atoms with Crippen molar-refractivity contribution in [3.8, 4) is 0 Å². The quantitative estimate of drug-likeness (QED) is 0.653. The normalized spacial score (nSPS) is 23.1. The van der Waals surface area contributed by atoms with Crippen molar-refractivity contribution in [1.29, 1.82) is 0 Å². The number of rotatable bonds is 3. The van der Waals surface area contributed by atoms with Gasteiger partial charge in [0, 0.05) is 19.2 Å². The number of aliphatic hydroxyl groups is 1. The summed E-state index contributed by atoms with van der Waals surface area (Å²) in [7, 11) is 1.26. The first-order chi connectivity index (χ1) is 8.61. The number of aromatic nitrogens is 3. The number of esters is 1. The monoisotopic (exact) mass is 254 g/mol. The van der Waals surface area contributed by atoms with Crippen LogP contribution in [-0.4, -0.2) is 62.7 Å². The molecular formula is C10H14N4O4. The molecule has 1 fully saturated rings. The van der Waals surface area contributed by atoms with Gasteiger partial charge >= 0.3 is 5.97 Å². The number of amides is 1. The van der Waals surface area contributed by atoms with Crippen molar-refractivity contribution >= 4 is 11.9 Å². The van der Waals surface area contributed by atoms with Crippen LogP contribution in [0.4, 0.5) is 0 Å². The van der Waals surface area contributed by atoms with E-state index in [1.54, 1.807) is 6.20 Å². The molecule has 0 spiro atoms. The second-order valence-corrected chi connectivity index (χ2v) is 4.08. The van der Waals surface area contributed by atoms with Crippen molar-refractivity contribution in [2.45, 2.75) is 25.1 Å². The van der Waals surface area contributed by atoms with Crippen LogP contribution in [0.1, 0.15) is 6.42 Å². The molecule has 1 aliphatic rings. The second kappa shape index (κ2) is 5.13. The topological polar surface area (TPSA) is 97.6 Å². The van der Waals surface area contributed by atoms with Gasteiger partial charge in [0.25, 0.3) is 0 Å². The summed E-state index contributed by atoms with van der Waals surface area (Å²) in [6.07, 6.45) is 2.52. The summed E-state index contributed by atoms with van der Waals surface area (Å²) < 4.78 is 5.98. The van der Waals surface area contributed by atoms with Crippen LogP contribution in [0.25, 0.3) is 0 Å². The molecule has 0 bridgehead atoms. The van der Waals surface area contributed by atoms with E-state index in [9.17, 15) is 14.7 Å². The molecular weight excluding hydrogens is 240 g/mol. The van der Waals surface area contributed by atoms with E-state index < -0.39 is 18.1 Å². The van der Waals surface area contributed by atoms with Gasteiger partial charge in [0.2, 0.25) is 5.91 Å². The molecule has 1 aromatic heterocycles. The first kappa shape index (κ1) is 12.5. The minimum atomic E-state index is -0.721. The van der Waals surface area contributed by atoms with Crippen molar-refractivity contribution in [1.82, 2.24) is 19.9 Å². The third-order valence-electron chi connectivity index (χ3n) is 2.84. The van der Waals surface area contributed by atoms with Crippen molar-refractivity contribution in [2.24, 2.45) is 0 Å². The molecule has 98 valence electrons. The van der Waals surface area contributed by atoms with Gasteiger partial charge in [0.05, 0.1) is 19.4 Å². The third-order valence-corrected chi connectivity index (χ3v) is 2.84. The first-order valence-electron chi connectivity index (χ1n) is 5.51. The van der Waals surface area contributed by atoms with Crippen LogP contribution in [0.2, 0.25) is 0 Å². The number of likely N-dealkylation sites (tertiary alicyclic amines) is 1. The summed E-state index contributed by atoms with van der Waals surface area (Å²) in [5, 5.41) is 16.8. The van der Waals surface area contributed by atoms with Gasteiger partial charge < -0.3 is 14.7 Å². The Morgan fingerprint density at radius 3 is 2.94 bits per heavy atom. The van der Waals surface area contributed by atoms with Crippen molar-refractivity contribution < 1.29 is 19.4 Å². The lowest BCUT2D eigenvalue weighted by molar-refractivity contribution is -0.151. The molecule has 2 heterocycles. The predicted octanol–water partition coefficient (Wildman–Crippen LogP) is -1.59. The van der Waals surface area contributed by atoms with Gasteiger partial charge in [-0.25, -0.2) is 9.48 Å². The van der Waals surface area contributed by atoms with E-state index in [1.807, 2.05) is 0 Å². The number of nitrogens with zero attached hydrogens (tertiary/aromatic N) is 4. The number of hydrogen-bond donors (Lipinski definition) is 1. The van der Waals surface area contributed by atoms with Gasteiger partial charge in [-0.1, -0.05) is 5.21 Å². The van der Waals surface area contributed by atoms with Crippen molar-refractivity contribution in [3.63, 3.8) is 0 Å². The Balaban J connectivity index is 2.05. The molecule has 1 N–H and O–H groups in total. The number of hydrogen-bond acceptors (Lipinski definition) is 6. The van der Waals surface area contributed by atoms with Crippen LogP contribution >= 0.6 is 0 Å². The van der Waals surface area contributed by atoms with Crippen LogP contribution in [0.5, 0.6) is 0 Å². The Bertz CT molecular complexity index is 433. The summed E-state index contributed by atoms with van der Waals surface area (Å²) >= 11 is 0. The van der Waals surface area contributed by atoms with E-state index in [4.69, 9.17) is 0 Å². The summed E-state index contributed by atoms with van der Waals surface area (Å²) in [6.45, 7) is 0.119. The van der Waals surface area contributed by atoms with Crippen LogP contribution in [0.15, 0.2) is 12.4 Å². The number of carbonyl (C=O) groups is 2. The standard InChI is InChI=1S/C10H14N4O4/c1-18-10(17)8-4-7(15)5-14(8)9(16)6-13-3-2-11-12-13/h2-3,7-8,15H,4-6H2,1H3. The van der Waals surface area contributed by atoms with Gasteiger partial charge in [0.1, 0.15) is 12.6 Å². The average molecular weight is 254 g/mol. The fourth-order valence-electron chi connectivity index (χ4n) is 2.00. The van der Waals surface area contributed by atoms with E-state index in [0.29, 0.717) is 0 Å². The highest BCUT2D eigenvalue weighted by Crippen LogP contribution is 2.19. The highest BCUT2D eigenvalue weighted by molar-refractivity contribution is 5.85. The van der Waals surface area contributed by atoms with Gasteiger partial charge in [-0.2, -0.15) is 0 Å². The Kier molecular flexibility index (Phi) is 3.56. The van der Waals surface area contributed by atoms with E-state index in [-0.39, 0.29) is 25.4 Å². The Hall–Kier alpha value is -1.96. The van der Waals surface area contributed by atoms with E-state index in [0.717, 1.165) is 0 Å². The predicted molar refractivity (Wildman–Crippen MR) is 58.2 cm³/mol. The fourth-order valence-corrected chi connectivity index (χ4v) is 2.00. The van der Waals surface area contributed by atoms with E-state index in [2.05, 4.69) is 15.0 Å². The molecule has 1 aromatic rings. The van der Waals surface area contributed by atoms with Gasteiger partial charge in [-0.15, -0.1) is 5.10 Å². The number of methoxy groups -OCH3 is 1. The molecule has 0 radical (unpaired) electrons. The number of β-amino-alcohol motifs (C(OH)–C–C–N with tert-alkyl or cyclic N) is 1. The molecule has 1 saturated heterocycles. The zero-order valence-electron chi connectivity index (χ0n) is 9.89. The van der Waals surface area contributed by atoms with Crippen LogP contribution in [-0.2, 0) is 20.9 Å². The molecule has 2 unspecified atom stereocenters. The zero-order chi connectivity index (χ0) is 13.1. The minimum absolute atomic E-state index is 0.0137. The van der Waals surface area contributed by atoms with Gasteiger partial charge in [0.15, 0.2) is 0 Å². The molecule has 18 heavy (non-hydrogen) atoms. The lowest BCUT2D eigenvalue weighted by Gasteiger charge is -2.22. The highest BCUT2D eigenvalue weighted by atomic mass is 16.5. The Morgan fingerprint density at radius 2 is 2.33 bits per heavy atom. The summed E-state index contributed by atoms with van der Waals surface area (Å²) in [6, 6.07) is -0.721. The molecule has 8 nitrogen and oxygen atoms in total. The highest BCUT2D eigenvalue weighted by Gasteiger charge is 2.39. The smallest absolute Gasteiger partial charge is 0.328 e. The van der Waals surface area contributed by atoms with Gasteiger partial charge in [-0.05, 0) is 0 Å². The SMILES string of the molecule is COC(=O)C1CC(O)CN1C(=O)Cn1ccnn1. The first-order valence-corrected chi connectivity index (χ1v) is 5.51.